The maximum Gasteiger partial charge on any atom is 0.277 e. The Morgan fingerprint density at radius 1 is 1.38 bits per heavy atom. The lowest BCUT2D eigenvalue weighted by Gasteiger charge is -2.30. The number of aryl methyl sites for hydroxylation is 1. The number of rotatable bonds is 7. The van der Waals surface area contributed by atoms with Gasteiger partial charge in [0.2, 0.25) is 11.8 Å². The molecule has 4 rings (SSSR count). The van der Waals surface area contributed by atoms with Crippen molar-refractivity contribution < 1.29 is 9.59 Å². The molecule has 2 aliphatic rings. The molecule has 9 heteroatoms. The Morgan fingerprint density at radius 2 is 2.12 bits per heavy atom. The van der Waals surface area contributed by atoms with E-state index in [0.717, 1.165) is 25.7 Å². The zero-order valence-corrected chi connectivity index (χ0v) is 18.8. The lowest BCUT2D eigenvalue weighted by Crippen LogP contribution is -2.48. The Labute approximate surface area is 186 Å². The molecule has 32 heavy (non-hydrogen) atoms. The molecule has 0 aromatic carbocycles. The highest BCUT2D eigenvalue weighted by Crippen LogP contribution is 2.44. The van der Waals surface area contributed by atoms with Crippen molar-refractivity contribution in [1.29, 1.82) is 5.26 Å². The fraction of sp³-hybridized carbons (Fsp3) is 0.609. The fourth-order valence-corrected chi connectivity index (χ4v) is 4.63. The highest BCUT2D eigenvalue weighted by Gasteiger charge is 2.48. The molecule has 2 aromatic heterocycles. The van der Waals surface area contributed by atoms with Crippen LogP contribution in [0.5, 0.6) is 0 Å². The van der Waals surface area contributed by atoms with E-state index in [1.54, 1.807) is 19.2 Å². The van der Waals surface area contributed by atoms with Crippen LogP contribution in [0.4, 0.5) is 0 Å². The van der Waals surface area contributed by atoms with Crippen molar-refractivity contribution in [2.75, 3.05) is 0 Å². The SMILES string of the molecule is Cc1nc2ccn([C@@H](CC(C)C)C(=O)N[C@H](C#N)C[C@@H]3CCC4(CC4)NC3=O)c(=O)c2[nH]1. The second kappa shape index (κ2) is 8.41. The summed E-state index contributed by atoms with van der Waals surface area (Å²) in [6, 6.07) is 2.28. The van der Waals surface area contributed by atoms with Gasteiger partial charge in [-0.15, -0.1) is 0 Å². The molecule has 0 radical (unpaired) electrons. The van der Waals surface area contributed by atoms with E-state index in [9.17, 15) is 19.6 Å². The van der Waals surface area contributed by atoms with Crippen LogP contribution in [0.3, 0.4) is 0 Å². The third-order valence-corrected chi connectivity index (χ3v) is 6.60. The number of hydrogen-bond acceptors (Lipinski definition) is 5. The van der Waals surface area contributed by atoms with Crippen LogP contribution in [0.25, 0.3) is 11.0 Å². The van der Waals surface area contributed by atoms with Gasteiger partial charge in [-0.2, -0.15) is 5.26 Å². The Hall–Kier alpha value is -3.15. The molecule has 3 N–H and O–H groups in total. The second-order valence-corrected chi connectivity index (χ2v) is 9.69. The number of nitrogens with zero attached hydrogens (tertiary/aromatic N) is 3. The van der Waals surface area contributed by atoms with E-state index in [1.165, 1.54) is 4.57 Å². The number of imidazole rings is 1. The van der Waals surface area contributed by atoms with Crippen molar-refractivity contribution in [2.45, 2.75) is 76.9 Å². The van der Waals surface area contributed by atoms with Gasteiger partial charge in [-0.25, -0.2) is 4.98 Å². The average molecular weight is 439 g/mol. The summed E-state index contributed by atoms with van der Waals surface area (Å²) in [4.78, 5) is 46.0. The first-order valence-electron chi connectivity index (χ1n) is 11.3. The van der Waals surface area contributed by atoms with Crippen LogP contribution >= 0.6 is 0 Å². The number of amides is 2. The van der Waals surface area contributed by atoms with E-state index in [1.807, 2.05) is 13.8 Å². The van der Waals surface area contributed by atoms with Crippen molar-refractivity contribution in [3.05, 3.63) is 28.4 Å². The normalized spacial score (nSPS) is 21.2. The van der Waals surface area contributed by atoms with Gasteiger partial charge < -0.3 is 20.2 Å². The Morgan fingerprint density at radius 3 is 2.75 bits per heavy atom. The highest BCUT2D eigenvalue weighted by molar-refractivity contribution is 5.83. The lowest BCUT2D eigenvalue weighted by molar-refractivity contribution is -0.130. The summed E-state index contributed by atoms with van der Waals surface area (Å²) < 4.78 is 1.41. The van der Waals surface area contributed by atoms with Crippen molar-refractivity contribution >= 4 is 22.8 Å². The number of fused-ring (bicyclic) bond motifs is 1. The van der Waals surface area contributed by atoms with Gasteiger partial charge in [-0.3, -0.25) is 14.4 Å². The van der Waals surface area contributed by atoms with Gasteiger partial charge in [-0.1, -0.05) is 13.8 Å². The van der Waals surface area contributed by atoms with E-state index in [0.29, 0.717) is 23.3 Å². The zero-order valence-electron chi connectivity index (χ0n) is 18.8. The number of carbonyl (C=O) groups is 2. The van der Waals surface area contributed by atoms with Crippen molar-refractivity contribution in [2.24, 2.45) is 11.8 Å². The molecule has 3 heterocycles. The Bertz CT molecular complexity index is 1140. The largest absolute Gasteiger partial charge is 0.350 e. The summed E-state index contributed by atoms with van der Waals surface area (Å²) in [5.74, 6) is 0.0667. The van der Waals surface area contributed by atoms with Gasteiger partial charge in [0.25, 0.3) is 5.56 Å². The summed E-state index contributed by atoms with van der Waals surface area (Å²) in [7, 11) is 0. The lowest BCUT2D eigenvalue weighted by atomic mass is 9.87. The van der Waals surface area contributed by atoms with Crippen LogP contribution in [0, 0.1) is 30.1 Å². The van der Waals surface area contributed by atoms with Gasteiger partial charge in [0.05, 0.1) is 11.6 Å². The minimum absolute atomic E-state index is 0.00777. The second-order valence-electron chi connectivity index (χ2n) is 9.69. The molecule has 2 aromatic rings. The number of hydrogen-bond donors (Lipinski definition) is 3. The van der Waals surface area contributed by atoms with Gasteiger partial charge in [-0.05, 0) is 57.4 Å². The van der Waals surface area contributed by atoms with Crippen LogP contribution in [0.15, 0.2) is 17.1 Å². The van der Waals surface area contributed by atoms with Gasteiger partial charge in [0.1, 0.15) is 23.4 Å². The minimum atomic E-state index is -0.796. The molecule has 2 amide bonds. The first-order valence-corrected chi connectivity index (χ1v) is 11.3. The predicted octanol–water partition coefficient (Wildman–Crippen LogP) is 2.08. The topological polar surface area (TPSA) is 133 Å². The van der Waals surface area contributed by atoms with Crippen LogP contribution in [0.1, 0.15) is 64.2 Å². The number of aromatic nitrogens is 3. The van der Waals surface area contributed by atoms with E-state index in [4.69, 9.17) is 0 Å². The summed E-state index contributed by atoms with van der Waals surface area (Å²) in [5.41, 5.74) is 0.584. The monoisotopic (exact) mass is 438 g/mol. The third-order valence-electron chi connectivity index (χ3n) is 6.60. The van der Waals surface area contributed by atoms with Crippen molar-refractivity contribution in [3.63, 3.8) is 0 Å². The van der Waals surface area contributed by atoms with E-state index in [-0.39, 0.29) is 35.3 Å². The molecule has 0 bridgehead atoms. The fourth-order valence-electron chi connectivity index (χ4n) is 4.63. The molecule has 1 spiro atoms. The quantitative estimate of drug-likeness (QED) is 0.609. The standard InChI is InChI=1S/C23H30N6O3/c1-13(2)10-18(29-9-5-17-19(22(29)32)26-14(3)25-17)21(31)27-16(12-24)11-15-4-6-23(7-8-23)28-20(15)30/h5,9,13,15-16,18H,4,6-8,10-11H2,1-3H3,(H,25,26)(H,27,31)(H,28,30)/t15-,16-,18-/m0/s1. The maximum absolute atomic E-state index is 13.2. The number of pyridine rings is 1. The molecular formula is C23H30N6O3. The predicted molar refractivity (Wildman–Crippen MR) is 119 cm³/mol. The number of nitrogens with one attached hydrogen (secondary N) is 3. The third kappa shape index (κ3) is 4.40. The number of carbonyl (C=O) groups excluding carboxylic acids is 2. The first-order chi connectivity index (χ1) is 15.2. The van der Waals surface area contributed by atoms with Crippen LogP contribution in [-0.2, 0) is 9.59 Å². The van der Waals surface area contributed by atoms with Crippen LogP contribution < -0.4 is 16.2 Å². The number of piperidine rings is 1. The smallest absolute Gasteiger partial charge is 0.277 e. The van der Waals surface area contributed by atoms with Gasteiger partial charge in [0.15, 0.2) is 0 Å². The van der Waals surface area contributed by atoms with Gasteiger partial charge in [0, 0.05) is 17.7 Å². The molecule has 1 saturated carbocycles. The van der Waals surface area contributed by atoms with E-state index >= 15 is 0 Å². The average Bonchev–Trinajstić information content (AvgIpc) is 3.37. The molecule has 2 fully saturated rings. The Kier molecular flexibility index (Phi) is 5.80. The molecular weight excluding hydrogens is 408 g/mol. The molecule has 1 aliphatic heterocycles. The summed E-state index contributed by atoms with van der Waals surface area (Å²) in [5, 5.41) is 15.5. The number of nitriles is 1. The van der Waals surface area contributed by atoms with Crippen molar-refractivity contribution in [3.8, 4) is 6.07 Å². The van der Waals surface area contributed by atoms with Crippen molar-refractivity contribution in [1.82, 2.24) is 25.2 Å². The molecule has 0 unspecified atom stereocenters. The summed E-state index contributed by atoms with van der Waals surface area (Å²) >= 11 is 0. The maximum atomic E-state index is 13.2. The van der Waals surface area contributed by atoms with Crippen LogP contribution in [-0.4, -0.2) is 37.9 Å². The molecule has 1 saturated heterocycles. The Balaban J connectivity index is 1.51. The van der Waals surface area contributed by atoms with E-state index in [2.05, 4.69) is 26.7 Å². The summed E-state index contributed by atoms with van der Waals surface area (Å²) in [6.07, 6.45) is 5.99. The van der Waals surface area contributed by atoms with Crippen LogP contribution in [0.2, 0.25) is 0 Å². The van der Waals surface area contributed by atoms with E-state index < -0.39 is 18.0 Å². The zero-order chi connectivity index (χ0) is 23.0. The molecule has 170 valence electrons. The molecule has 3 atom stereocenters. The highest BCUT2D eigenvalue weighted by atomic mass is 16.2. The number of H-pyrrole nitrogens is 1. The first kappa shape index (κ1) is 22.1. The molecule has 9 nitrogen and oxygen atoms in total. The summed E-state index contributed by atoms with van der Waals surface area (Å²) in [6.45, 7) is 5.73. The van der Waals surface area contributed by atoms with Gasteiger partial charge >= 0.3 is 0 Å². The minimum Gasteiger partial charge on any atom is -0.350 e. The number of aromatic amines is 1. The molecule has 1 aliphatic carbocycles.